The zero-order valence-corrected chi connectivity index (χ0v) is 15.2. The Hall–Kier alpha value is -2.07. The van der Waals surface area contributed by atoms with Crippen molar-refractivity contribution < 1.29 is 4.79 Å². The Morgan fingerprint density at radius 3 is 2.38 bits per heavy atom. The van der Waals surface area contributed by atoms with Crippen molar-refractivity contribution in [3.8, 4) is 11.1 Å². The van der Waals surface area contributed by atoms with E-state index in [1.54, 1.807) is 0 Å². The molecule has 130 valence electrons. The van der Waals surface area contributed by atoms with Crippen molar-refractivity contribution in [3.05, 3.63) is 48.3 Å². The Balaban J connectivity index is 2.17. The molecule has 0 saturated heterocycles. The minimum atomic E-state index is 0.000379. The van der Waals surface area contributed by atoms with E-state index in [0.717, 1.165) is 36.3 Å². The maximum atomic E-state index is 12.7. The van der Waals surface area contributed by atoms with Gasteiger partial charge in [0.05, 0.1) is 5.56 Å². The van der Waals surface area contributed by atoms with Gasteiger partial charge in [-0.25, -0.2) is 0 Å². The van der Waals surface area contributed by atoms with Crippen LogP contribution in [-0.2, 0) is 0 Å². The Labute approximate surface area is 145 Å². The quantitative estimate of drug-likeness (QED) is 0.800. The van der Waals surface area contributed by atoms with Crippen LogP contribution in [0.5, 0.6) is 0 Å². The van der Waals surface area contributed by atoms with Gasteiger partial charge >= 0.3 is 0 Å². The van der Waals surface area contributed by atoms with Crippen LogP contribution < -0.4 is 5.32 Å². The van der Waals surface area contributed by atoms with E-state index in [0.29, 0.717) is 12.6 Å². The number of amides is 1. The minimum Gasteiger partial charge on any atom is -0.351 e. The lowest BCUT2D eigenvalue weighted by Gasteiger charge is -2.18. The van der Waals surface area contributed by atoms with Gasteiger partial charge in [-0.05, 0) is 32.5 Å². The van der Waals surface area contributed by atoms with E-state index in [-0.39, 0.29) is 5.91 Å². The molecule has 1 aromatic heterocycles. The molecule has 24 heavy (non-hydrogen) atoms. The van der Waals surface area contributed by atoms with Gasteiger partial charge in [0.15, 0.2) is 0 Å². The summed E-state index contributed by atoms with van der Waals surface area (Å²) >= 11 is 0. The highest BCUT2D eigenvalue weighted by molar-refractivity contribution is 6.00. The summed E-state index contributed by atoms with van der Waals surface area (Å²) in [5.41, 5.74) is 2.81. The number of nitrogens with one attached hydrogen (secondary N) is 1. The van der Waals surface area contributed by atoms with E-state index in [4.69, 9.17) is 0 Å². The monoisotopic (exact) mass is 327 g/mol. The third-order valence-electron chi connectivity index (χ3n) is 4.38. The van der Waals surface area contributed by atoms with Gasteiger partial charge in [-0.2, -0.15) is 0 Å². The average molecular weight is 327 g/mol. The van der Waals surface area contributed by atoms with Crippen LogP contribution in [-0.4, -0.2) is 41.6 Å². The second-order valence-electron chi connectivity index (χ2n) is 6.28. The van der Waals surface area contributed by atoms with Crippen LogP contribution in [0, 0.1) is 0 Å². The van der Waals surface area contributed by atoms with Crippen LogP contribution in [0.25, 0.3) is 11.1 Å². The van der Waals surface area contributed by atoms with Gasteiger partial charge in [0, 0.05) is 37.1 Å². The van der Waals surface area contributed by atoms with E-state index in [9.17, 15) is 4.79 Å². The number of rotatable bonds is 8. The topological polar surface area (TPSA) is 37.3 Å². The van der Waals surface area contributed by atoms with Crippen LogP contribution in [0.3, 0.4) is 0 Å². The second kappa shape index (κ2) is 8.69. The van der Waals surface area contributed by atoms with Gasteiger partial charge in [0.2, 0.25) is 0 Å². The number of benzene rings is 1. The number of hydrogen-bond acceptors (Lipinski definition) is 2. The molecule has 4 nitrogen and oxygen atoms in total. The number of likely N-dealkylation sites (N-methyl/N-ethyl adjacent to an activating group) is 1. The fourth-order valence-corrected chi connectivity index (χ4v) is 2.76. The molecule has 0 bridgehead atoms. The van der Waals surface area contributed by atoms with E-state index in [1.165, 1.54) is 0 Å². The summed E-state index contributed by atoms with van der Waals surface area (Å²) in [5.74, 6) is 0.000379. The molecule has 2 rings (SSSR count). The van der Waals surface area contributed by atoms with Gasteiger partial charge in [-0.15, -0.1) is 0 Å². The Bertz CT molecular complexity index is 642. The number of carbonyl (C=O) groups is 1. The first-order chi connectivity index (χ1) is 11.6. The molecule has 1 aromatic carbocycles. The Morgan fingerprint density at radius 1 is 1.12 bits per heavy atom. The minimum absolute atomic E-state index is 0.000379. The molecule has 0 aliphatic carbocycles. The number of aromatic nitrogens is 1. The molecule has 4 heteroatoms. The summed E-state index contributed by atoms with van der Waals surface area (Å²) in [4.78, 5) is 15.0. The van der Waals surface area contributed by atoms with Gasteiger partial charge in [0.1, 0.15) is 0 Å². The largest absolute Gasteiger partial charge is 0.351 e. The molecule has 0 aliphatic rings. The van der Waals surface area contributed by atoms with Crippen LogP contribution >= 0.6 is 0 Å². The summed E-state index contributed by atoms with van der Waals surface area (Å²) in [5, 5.41) is 3.07. The molecule has 2 aromatic rings. The smallest absolute Gasteiger partial charge is 0.253 e. The van der Waals surface area contributed by atoms with E-state index in [2.05, 4.69) is 48.7 Å². The van der Waals surface area contributed by atoms with Gasteiger partial charge < -0.3 is 14.8 Å². The van der Waals surface area contributed by atoms with Crippen molar-refractivity contribution in [3.63, 3.8) is 0 Å². The van der Waals surface area contributed by atoms with Crippen molar-refractivity contribution in [2.24, 2.45) is 0 Å². The number of carbonyl (C=O) groups excluding carboxylic acids is 1. The second-order valence-corrected chi connectivity index (χ2v) is 6.28. The van der Waals surface area contributed by atoms with Crippen molar-refractivity contribution in [2.75, 3.05) is 26.2 Å². The van der Waals surface area contributed by atoms with Crippen molar-refractivity contribution >= 4 is 5.91 Å². The van der Waals surface area contributed by atoms with E-state index in [1.807, 2.05) is 36.5 Å². The first-order valence-electron chi connectivity index (χ1n) is 8.84. The maximum absolute atomic E-state index is 12.7. The SMILES string of the molecule is CCN(CC)CCNC(=O)c1cn(C(C)C)cc1-c1ccccc1. The zero-order chi connectivity index (χ0) is 17.5. The maximum Gasteiger partial charge on any atom is 0.253 e. The lowest BCUT2D eigenvalue weighted by atomic mass is 10.0. The normalized spacial score (nSPS) is 11.2. The molecule has 0 aliphatic heterocycles. The molecule has 1 N–H and O–H groups in total. The van der Waals surface area contributed by atoms with Gasteiger partial charge in [-0.1, -0.05) is 44.2 Å². The molecule has 0 unspecified atom stereocenters. The third kappa shape index (κ3) is 4.48. The summed E-state index contributed by atoms with van der Waals surface area (Å²) < 4.78 is 2.10. The first-order valence-corrected chi connectivity index (χ1v) is 8.84. The van der Waals surface area contributed by atoms with Crippen LogP contribution in [0.4, 0.5) is 0 Å². The summed E-state index contributed by atoms with van der Waals surface area (Å²) in [6, 6.07) is 10.4. The lowest BCUT2D eigenvalue weighted by Crippen LogP contribution is -2.34. The highest BCUT2D eigenvalue weighted by Gasteiger charge is 2.16. The van der Waals surface area contributed by atoms with Crippen molar-refractivity contribution in [2.45, 2.75) is 33.7 Å². The zero-order valence-electron chi connectivity index (χ0n) is 15.2. The summed E-state index contributed by atoms with van der Waals surface area (Å²) in [6.45, 7) is 12.1. The fraction of sp³-hybridized carbons (Fsp3) is 0.450. The molecule has 0 saturated carbocycles. The first kappa shape index (κ1) is 18.3. The highest BCUT2D eigenvalue weighted by atomic mass is 16.1. The molecule has 0 atom stereocenters. The molecule has 1 amide bonds. The van der Waals surface area contributed by atoms with Crippen LogP contribution in [0.1, 0.15) is 44.1 Å². The predicted molar refractivity (Wildman–Crippen MR) is 100 cm³/mol. The summed E-state index contributed by atoms with van der Waals surface area (Å²) in [7, 11) is 0. The standard InChI is InChI=1S/C20H29N3O/c1-5-22(6-2)13-12-21-20(24)19-15-23(16(3)4)14-18(19)17-10-8-7-9-11-17/h7-11,14-16H,5-6,12-13H2,1-4H3,(H,21,24). The number of hydrogen-bond donors (Lipinski definition) is 1. The Morgan fingerprint density at radius 2 is 1.79 bits per heavy atom. The van der Waals surface area contributed by atoms with Crippen LogP contribution in [0.2, 0.25) is 0 Å². The Kier molecular flexibility index (Phi) is 6.62. The van der Waals surface area contributed by atoms with Crippen molar-refractivity contribution in [1.29, 1.82) is 0 Å². The van der Waals surface area contributed by atoms with Gasteiger partial charge in [-0.3, -0.25) is 4.79 Å². The van der Waals surface area contributed by atoms with Gasteiger partial charge in [0.25, 0.3) is 5.91 Å². The molecular formula is C20H29N3O. The van der Waals surface area contributed by atoms with Crippen molar-refractivity contribution in [1.82, 2.24) is 14.8 Å². The predicted octanol–water partition coefficient (Wildman–Crippen LogP) is 3.81. The molecular weight excluding hydrogens is 298 g/mol. The summed E-state index contributed by atoms with van der Waals surface area (Å²) in [6.07, 6.45) is 4.03. The van der Waals surface area contributed by atoms with E-state index < -0.39 is 0 Å². The molecule has 0 spiro atoms. The van der Waals surface area contributed by atoms with E-state index >= 15 is 0 Å². The molecule has 0 radical (unpaired) electrons. The third-order valence-corrected chi connectivity index (χ3v) is 4.38. The number of nitrogens with zero attached hydrogens (tertiary/aromatic N) is 2. The van der Waals surface area contributed by atoms with Crippen LogP contribution in [0.15, 0.2) is 42.7 Å². The average Bonchev–Trinajstić information content (AvgIpc) is 3.05. The molecule has 0 fully saturated rings. The lowest BCUT2D eigenvalue weighted by molar-refractivity contribution is 0.0949. The highest BCUT2D eigenvalue weighted by Crippen LogP contribution is 2.26. The fourth-order valence-electron chi connectivity index (χ4n) is 2.76. The molecule has 1 heterocycles.